The molecule has 0 saturated carbocycles. The van der Waals surface area contributed by atoms with Gasteiger partial charge in [-0.2, -0.15) is 0 Å². The van der Waals surface area contributed by atoms with Crippen molar-refractivity contribution in [3.8, 4) is 0 Å². The number of benzene rings is 2. The zero-order valence-electron chi connectivity index (χ0n) is 12.9. The summed E-state index contributed by atoms with van der Waals surface area (Å²) >= 11 is 5.50. The second kappa shape index (κ2) is 7.70. The molecule has 0 fully saturated rings. The average Bonchev–Trinajstić information content (AvgIpc) is 2.55. The van der Waals surface area contributed by atoms with Gasteiger partial charge in [-0.15, -0.1) is 0 Å². The first kappa shape index (κ1) is 17.6. The van der Waals surface area contributed by atoms with Crippen molar-refractivity contribution < 1.29 is 14.5 Å². The van der Waals surface area contributed by atoms with Gasteiger partial charge in [0.05, 0.1) is 5.92 Å². The zero-order valence-corrected chi connectivity index (χ0v) is 13.6. The Morgan fingerprint density at radius 2 is 1.83 bits per heavy atom. The number of aryl methyl sites for hydroxylation is 1. The summed E-state index contributed by atoms with van der Waals surface area (Å²) in [6.07, 6.45) is 0. The van der Waals surface area contributed by atoms with Crippen LogP contribution in [0, 0.1) is 17.0 Å². The molecule has 0 aliphatic heterocycles. The highest BCUT2D eigenvalue weighted by atomic mass is 35.5. The van der Waals surface area contributed by atoms with Gasteiger partial charge >= 0.3 is 0 Å². The number of nitrogens with one attached hydrogen (secondary N) is 1. The molecule has 6 nitrogen and oxygen atoms in total. The molecule has 0 bridgehead atoms. The number of amides is 1. The van der Waals surface area contributed by atoms with Crippen LogP contribution in [0.15, 0.2) is 48.5 Å². The lowest BCUT2D eigenvalue weighted by molar-refractivity contribution is -0.465. The smallest absolute Gasteiger partial charge is 0.265 e. The second-order valence-electron chi connectivity index (χ2n) is 5.34. The van der Waals surface area contributed by atoms with E-state index in [-0.39, 0.29) is 5.56 Å². The third-order valence-corrected chi connectivity index (χ3v) is 3.76. The maximum Gasteiger partial charge on any atom is 0.265 e. The molecule has 1 amide bonds. The number of nitro groups is 1. The molecule has 2 aromatic rings. The SMILES string of the molecule is Cc1cccc(C(C(=O)NCl)c2ccc(C(=O)C[N+](=O)[O-])cc2)c1. The van der Waals surface area contributed by atoms with E-state index >= 15 is 0 Å². The highest BCUT2D eigenvalue weighted by Gasteiger charge is 2.23. The maximum atomic E-state index is 12.2. The highest BCUT2D eigenvalue weighted by Crippen LogP contribution is 2.26. The van der Waals surface area contributed by atoms with Crippen molar-refractivity contribution in [1.82, 2.24) is 4.84 Å². The van der Waals surface area contributed by atoms with Crippen LogP contribution >= 0.6 is 11.8 Å². The predicted octanol–water partition coefficient (Wildman–Crippen LogP) is 2.86. The Morgan fingerprint density at radius 1 is 1.17 bits per heavy atom. The number of hydrogen-bond donors (Lipinski definition) is 1. The van der Waals surface area contributed by atoms with Gasteiger partial charge in [-0.05, 0) is 18.1 Å². The van der Waals surface area contributed by atoms with Gasteiger partial charge in [-0.25, -0.2) is 0 Å². The Morgan fingerprint density at radius 3 is 2.38 bits per heavy atom. The summed E-state index contributed by atoms with van der Waals surface area (Å²) in [6.45, 7) is 1.15. The van der Waals surface area contributed by atoms with Gasteiger partial charge < -0.3 is 0 Å². The molecule has 2 rings (SSSR count). The Labute approximate surface area is 143 Å². The van der Waals surface area contributed by atoms with Crippen molar-refractivity contribution in [2.45, 2.75) is 12.8 Å². The number of nitrogens with zero attached hydrogens (tertiary/aromatic N) is 1. The van der Waals surface area contributed by atoms with Crippen LogP contribution in [-0.4, -0.2) is 23.2 Å². The minimum Gasteiger partial charge on any atom is -0.287 e. The number of hydrogen-bond acceptors (Lipinski definition) is 4. The summed E-state index contributed by atoms with van der Waals surface area (Å²) in [5, 5.41) is 10.4. The molecule has 0 aliphatic carbocycles. The van der Waals surface area contributed by atoms with Gasteiger partial charge in [0.1, 0.15) is 0 Å². The summed E-state index contributed by atoms with van der Waals surface area (Å²) in [6, 6.07) is 13.6. The van der Waals surface area contributed by atoms with Crippen LogP contribution in [0.1, 0.15) is 33.0 Å². The predicted molar refractivity (Wildman–Crippen MR) is 89.7 cm³/mol. The van der Waals surface area contributed by atoms with Crippen LogP contribution < -0.4 is 4.84 Å². The molecule has 0 saturated heterocycles. The molecular formula is C17H15ClN2O4. The lowest BCUT2D eigenvalue weighted by atomic mass is 9.89. The van der Waals surface area contributed by atoms with Crippen LogP contribution in [0.5, 0.6) is 0 Å². The van der Waals surface area contributed by atoms with Crippen LogP contribution in [0.3, 0.4) is 0 Å². The first-order chi connectivity index (χ1) is 11.4. The highest BCUT2D eigenvalue weighted by molar-refractivity contribution is 6.22. The number of carbonyl (C=O) groups is 2. The normalized spacial score (nSPS) is 11.6. The van der Waals surface area contributed by atoms with E-state index in [1.54, 1.807) is 12.1 Å². The van der Waals surface area contributed by atoms with Crippen molar-refractivity contribution in [2.24, 2.45) is 0 Å². The molecule has 0 spiro atoms. The standard InChI is InChI=1S/C17H15ClN2O4/c1-11-3-2-4-14(9-11)16(17(22)19-18)13-7-5-12(6-8-13)15(21)10-20(23)24/h2-9,16H,10H2,1H3,(H,19,22). The van der Waals surface area contributed by atoms with Crippen molar-refractivity contribution >= 4 is 23.5 Å². The van der Waals surface area contributed by atoms with E-state index in [2.05, 4.69) is 4.84 Å². The molecule has 0 heterocycles. The van der Waals surface area contributed by atoms with Gasteiger partial charge in [0.2, 0.25) is 11.7 Å². The molecule has 7 heteroatoms. The number of Topliss-reactive ketones (excluding diaryl/α,β-unsaturated/α-hetero) is 1. The van der Waals surface area contributed by atoms with Crippen LogP contribution in [0.2, 0.25) is 0 Å². The number of ketones is 1. The van der Waals surface area contributed by atoms with Crippen LogP contribution in [0.4, 0.5) is 0 Å². The molecular weight excluding hydrogens is 332 g/mol. The molecule has 1 N–H and O–H groups in total. The van der Waals surface area contributed by atoms with E-state index in [4.69, 9.17) is 11.8 Å². The van der Waals surface area contributed by atoms with Gasteiger partial charge in [-0.3, -0.25) is 24.5 Å². The Kier molecular flexibility index (Phi) is 5.65. The Bertz CT molecular complexity index is 774. The number of carbonyl (C=O) groups excluding carboxylic acids is 2. The molecule has 1 atom stereocenters. The first-order valence-corrected chi connectivity index (χ1v) is 7.52. The second-order valence-corrected chi connectivity index (χ2v) is 5.53. The summed E-state index contributed by atoms with van der Waals surface area (Å²) in [5.41, 5.74) is 2.62. The quantitative estimate of drug-likeness (QED) is 0.377. The first-order valence-electron chi connectivity index (χ1n) is 7.14. The fourth-order valence-corrected chi connectivity index (χ4v) is 2.58. The third kappa shape index (κ3) is 4.17. The topological polar surface area (TPSA) is 89.3 Å². The van der Waals surface area contributed by atoms with Gasteiger partial charge in [-0.1, -0.05) is 54.1 Å². The van der Waals surface area contributed by atoms with Crippen LogP contribution in [-0.2, 0) is 4.79 Å². The molecule has 0 aliphatic rings. The van der Waals surface area contributed by atoms with Crippen molar-refractivity contribution in [2.75, 3.05) is 6.54 Å². The average molecular weight is 347 g/mol. The lowest BCUT2D eigenvalue weighted by Crippen LogP contribution is -2.23. The van der Waals surface area contributed by atoms with Crippen molar-refractivity contribution in [1.29, 1.82) is 0 Å². The van der Waals surface area contributed by atoms with Gasteiger partial charge in [0.25, 0.3) is 6.54 Å². The van der Waals surface area contributed by atoms with E-state index in [1.807, 2.05) is 31.2 Å². The number of rotatable bonds is 6. The van der Waals surface area contributed by atoms with E-state index in [9.17, 15) is 19.7 Å². The van der Waals surface area contributed by atoms with E-state index in [1.165, 1.54) is 12.1 Å². The number of halogens is 1. The molecule has 0 aromatic heterocycles. The summed E-state index contributed by atoms with van der Waals surface area (Å²) in [7, 11) is 0. The van der Waals surface area contributed by atoms with E-state index in [0.29, 0.717) is 5.56 Å². The molecule has 124 valence electrons. The minimum atomic E-state index is -0.761. The minimum absolute atomic E-state index is 0.227. The monoisotopic (exact) mass is 346 g/mol. The fraction of sp³-hybridized carbons (Fsp3) is 0.176. The molecule has 0 radical (unpaired) electrons. The Hall–Kier alpha value is -2.73. The maximum absolute atomic E-state index is 12.2. The van der Waals surface area contributed by atoms with Crippen molar-refractivity contribution in [3.63, 3.8) is 0 Å². The van der Waals surface area contributed by atoms with Gasteiger partial charge in [0, 0.05) is 22.3 Å². The summed E-state index contributed by atoms with van der Waals surface area (Å²) < 4.78 is 0. The molecule has 1 unspecified atom stereocenters. The van der Waals surface area contributed by atoms with Crippen molar-refractivity contribution in [3.05, 3.63) is 80.9 Å². The van der Waals surface area contributed by atoms with Crippen LogP contribution in [0.25, 0.3) is 0 Å². The molecule has 2 aromatic carbocycles. The fourth-order valence-electron chi connectivity index (χ4n) is 2.47. The lowest BCUT2D eigenvalue weighted by Gasteiger charge is -2.16. The van der Waals surface area contributed by atoms with E-state index in [0.717, 1.165) is 11.1 Å². The largest absolute Gasteiger partial charge is 0.287 e. The van der Waals surface area contributed by atoms with Gasteiger partial charge in [0.15, 0.2) is 0 Å². The summed E-state index contributed by atoms with van der Waals surface area (Å²) in [5.74, 6) is -1.62. The molecule has 24 heavy (non-hydrogen) atoms. The Balaban J connectivity index is 2.36. The zero-order chi connectivity index (χ0) is 17.7. The summed E-state index contributed by atoms with van der Waals surface area (Å²) in [4.78, 5) is 35.8. The van der Waals surface area contributed by atoms with E-state index < -0.39 is 29.1 Å². The third-order valence-electron chi connectivity index (χ3n) is 3.57.